The van der Waals surface area contributed by atoms with Gasteiger partial charge in [-0.2, -0.15) is 5.06 Å². The summed E-state index contributed by atoms with van der Waals surface area (Å²) in [7, 11) is 0. The minimum atomic E-state index is -0.644. The minimum absolute atomic E-state index is 0.0335. The van der Waals surface area contributed by atoms with Gasteiger partial charge in [0, 0.05) is 26.2 Å². The molecule has 0 fully saturated rings. The minimum Gasteiger partial charge on any atom is -0.328 e. The fourth-order valence-electron chi connectivity index (χ4n) is 3.12. The number of hydrogen-bond acceptors (Lipinski definition) is 6. The van der Waals surface area contributed by atoms with Gasteiger partial charge in [0.25, 0.3) is 0 Å². The third kappa shape index (κ3) is 6.50. The van der Waals surface area contributed by atoms with Gasteiger partial charge in [-0.25, -0.2) is 20.1 Å². The maximum Gasteiger partial charge on any atom is 0.369 e. The Balaban J connectivity index is 1.49. The van der Waals surface area contributed by atoms with Crippen molar-refractivity contribution in [2.45, 2.75) is 25.6 Å². The van der Waals surface area contributed by atoms with Crippen LogP contribution >= 0.6 is 11.6 Å². The average Bonchev–Trinajstić information content (AvgIpc) is 3.31. The van der Waals surface area contributed by atoms with Crippen molar-refractivity contribution in [3.8, 4) is 0 Å². The first kappa shape index (κ1) is 24.6. The van der Waals surface area contributed by atoms with Crippen LogP contribution in [0.5, 0.6) is 0 Å². The molecule has 0 saturated heterocycles. The molecule has 3 amide bonds. The van der Waals surface area contributed by atoms with Crippen LogP contribution in [0.4, 0.5) is 9.18 Å². The third-order valence-corrected chi connectivity index (χ3v) is 5.26. The second-order valence-electron chi connectivity index (χ2n) is 7.15. The van der Waals surface area contributed by atoms with Crippen LogP contribution in [0.1, 0.15) is 24.2 Å². The monoisotopic (exact) mass is 477 g/mol. The Morgan fingerprint density at radius 2 is 2.03 bits per heavy atom. The van der Waals surface area contributed by atoms with E-state index in [0.29, 0.717) is 5.56 Å². The van der Waals surface area contributed by atoms with E-state index in [9.17, 15) is 14.0 Å². The van der Waals surface area contributed by atoms with E-state index >= 15 is 0 Å². The number of hydrogen-bond donors (Lipinski definition) is 3. The topological polar surface area (TPSA) is 109 Å². The van der Waals surface area contributed by atoms with E-state index < -0.39 is 17.9 Å². The van der Waals surface area contributed by atoms with Crippen molar-refractivity contribution in [1.29, 1.82) is 0 Å². The fraction of sp³-hybridized carbons (Fsp3) is 0.273. The molecule has 0 aromatic heterocycles. The van der Waals surface area contributed by atoms with Gasteiger partial charge in [0.2, 0.25) is 5.91 Å². The molecule has 0 radical (unpaired) electrons. The molecule has 0 saturated carbocycles. The number of halogens is 2. The zero-order chi connectivity index (χ0) is 23.8. The molecule has 4 N–H and O–H groups in total. The smallest absolute Gasteiger partial charge is 0.328 e. The van der Waals surface area contributed by atoms with Crippen LogP contribution in [0.15, 0.2) is 60.8 Å². The fourth-order valence-corrected chi connectivity index (χ4v) is 3.32. The number of hydroxylamine groups is 3. The number of rotatable bonds is 9. The highest BCUT2D eigenvalue weighted by Crippen LogP contribution is 2.25. The molecule has 1 heterocycles. The van der Waals surface area contributed by atoms with Crippen molar-refractivity contribution in [3.05, 3.63) is 82.8 Å². The summed E-state index contributed by atoms with van der Waals surface area (Å²) in [4.78, 5) is 35.3. The standard InChI is InChI=1S/C22H25ClFN5O4/c1-15(30)29(26-13-17-8-5-9-19(24)21(17)23)18(12-25)14-32-27-22(31)28-11-10-20(33-28)16-6-3-2-4-7-16/h2-11,18,20,26H,12-14,25H2,1H3,(H,27,31)/t18-,20?/m0/s1. The highest BCUT2D eigenvalue weighted by molar-refractivity contribution is 6.31. The summed E-state index contributed by atoms with van der Waals surface area (Å²) in [5.41, 5.74) is 12.3. The van der Waals surface area contributed by atoms with E-state index in [1.807, 2.05) is 30.3 Å². The molecule has 33 heavy (non-hydrogen) atoms. The maximum absolute atomic E-state index is 13.6. The average molecular weight is 478 g/mol. The van der Waals surface area contributed by atoms with Crippen LogP contribution in [0, 0.1) is 5.82 Å². The lowest BCUT2D eigenvalue weighted by Crippen LogP contribution is -2.54. The highest BCUT2D eigenvalue weighted by atomic mass is 35.5. The summed E-state index contributed by atoms with van der Waals surface area (Å²) in [6.45, 7) is 1.36. The lowest BCUT2D eigenvalue weighted by molar-refractivity contribution is -0.138. The van der Waals surface area contributed by atoms with Crippen LogP contribution in [-0.4, -0.2) is 41.2 Å². The predicted octanol–water partition coefficient (Wildman–Crippen LogP) is 2.80. The lowest BCUT2D eigenvalue weighted by Gasteiger charge is -2.30. The Kier molecular flexibility index (Phi) is 8.75. The van der Waals surface area contributed by atoms with Crippen LogP contribution in [0.25, 0.3) is 0 Å². The van der Waals surface area contributed by atoms with Crippen molar-refractivity contribution in [2.24, 2.45) is 5.73 Å². The van der Waals surface area contributed by atoms with Crippen molar-refractivity contribution < 1.29 is 23.7 Å². The molecule has 1 aliphatic heterocycles. The number of nitrogens with two attached hydrogens (primary N) is 1. The lowest BCUT2D eigenvalue weighted by atomic mass is 10.1. The van der Waals surface area contributed by atoms with Crippen molar-refractivity contribution in [2.75, 3.05) is 13.2 Å². The SMILES string of the molecule is CC(=O)N(NCc1cccc(F)c1Cl)[C@@H](CN)CONC(=O)N1C=CC(c2ccccc2)O1. The summed E-state index contributed by atoms with van der Waals surface area (Å²) in [6, 6.07) is 12.6. The van der Waals surface area contributed by atoms with Gasteiger partial charge in [0.05, 0.1) is 17.7 Å². The highest BCUT2D eigenvalue weighted by Gasteiger charge is 2.25. The molecule has 0 bridgehead atoms. The van der Waals surface area contributed by atoms with E-state index in [4.69, 9.17) is 27.0 Å². The van der Waals surface area contributed by atoms with Crippen molar-refractivity contribution in [3.63, 3.8) is 0 Å². The van der Waals surface area contributed by atoms with Gasteiger partial charge in [0.15, 0.2) is 0 Å². The normalized spacial score (nSPS) is 16.0. The molecule has 2 aromatic carbocycles. The first-order valence-corrected chi connectivity index (χ1v) is 10.6. The van der Waals surface area contributed by atoms with Gasteiger partial charge in [-0.3, -0.25) is 19.5 Å². The van der Waals surface area contributed by atoms with E-state index in [1.54, 1.807) is 12.1 Å². The number of nitrogens with one attached hydrogen (secondary N) is 2. The molecule has 1 unspecified atom stereocenters. The summed E-state index contributed by atoms with van der Waals surface area (Å²) in [5, 5.41) is 2.24. The second-order valence-corrected chi connectivity index (χ2v) is 7.53. The molecule has 11 heteroatoms. The Bertz CT molecular complexity index is 994. The van der Waals surface area contributed by atoms with Gasteiger partial charge in [-0.05, 0) is 23.3 Å². The Morgan fingerprint density at radius 3 is 2.73 bits per heavy atom. The molecule has 0 spiro atoms. The Morgan fingerprint density at radius 1 is 1.27 bits per heavy atom. The van der Waals surface area contributed by atoms with Crippen molar-refractivity contribution in [1.82, 2.24) is 21.0 Å². The summed E-state index contributed by atoms with van der Waals surface area (Å²) in [5.74, 6) is -0.899. The van der Waals surface area contributed by atoms with Gasteiger partial charge >= 0.3 is 6.03 Å². The zero-order valence-corrected chi connectivity index (χ0v) is 18.7. The van der Waals surface area contributed by atoms with Crippen LogP contribution < -0.4 is 16.6 Å². The number of carbonyl (C=O) groups excluding carboxylic acids is 2. The van der Waals surface area contributed by atoms with Gasteiger partial charge < -0.3 is 5.73 Å². The zero-order valence-electron chi connectivity index (χ0n) is 17.9. The van der Waals surface area contributed by atoms with Crippen LogP contribution in [0.2, 0.25) is 5.02 Å². The third-order valence-electron chi connectivity index (χ3n) is 4.83. The number of nitrogens with zero attached hydrogens (tertiary/aromatic N) is 2. The van der Waals surface area contributed by atoms with Crippen molar-refractivity contribution >= 4 is 23.5 Å². The molecule has 2 aromatic rings. The van der Waals surface area contributed by atoms with Crippen LogP contribution in [0.3, 0.4) is 0 Å². The number of hydrazine groups is 1. The Hall–Kier alpha value is -3.02. The number of urea groups is 1. The van der Waals surface area contributed by atoms with Gasteiger partial charge in [-0.15, -0.1) is 0 Å². The van der Waals surface area contributed by atoms with E-state index in [-0.39, 0.29) is 36.7 Å². The van der Waals surface area contributed by atoms with Gasteiger partial charge in [0.1, 0.15) is 11.9 Å². The van der Waals surface area contributed by atoms with Gasteiger partial charge in [-0.1, -0.05) is 54.1 Å². The molecule has 0 aliphatic carbocycles. The summed E-state index contributed by atoms with van der Waals surface area (Å²) < 4.78 is 13.6. The molecular formula is C22H25ClFN5O4. The predicted molar refractivity (Wildman–Crippen MR) is 119 cm³/mol. The summed E-state index contributed by atoms with van der Waals surface area (Å²) in [6.07, 6.45) is 2.83. The second kappa shape index (κ2) is 11.7. The largest absolute Gasteiger partial charge is 0.369 e. The quantitative estimate of drug-likeness (QED) is 0.479. The first-order chi connectivity index (χ1) is 15.9. The molecule has 176 valence electrons. The number of carbonyl (C=O) groups is 2. The van der Waals surface area contributed by atoms with Crippen LogP contribution in [-0.2, 0) is 21.0 Å². The van der Waals surface area contributed by atoms with E-state index in [2.05, 4.69) is 10.9 Å². The molecule has 9 nitrogen and oxygen atoms in total. The first-order valence-electron chi connectivity index (χ1n) is 10.2. The molecule has 2 atom stereocenters. The maximum atomic E-state index is 13.6. The molecule has 1 aliphatic rings. The Labute approximate surface area is 195 Å². The van der Waals surface area contributed by atoms with E-state index in [1.165, 1.54) is 30.3 Å². The van der Waals surface area contributed by atoms with E-state index in [0.717, 1.165) is 10.6 Å². The molecular weight excluding hydrogens is 453 g/mol. The number of amides is 3. The molecule has 3 rings (SSSR count). The number of benzene rings is 2. The summed E-state index contributed by atoms with van der Waals surface area (Å²) >= 11 is 5.96.